The number of fused-ring (bicyclic) bond motifs is 1. The van der Waals surface area contributed by atoms with E-state index in [4.69, 9.17) is 4.42 Å². The monoisotopic (exact) mass is 381 g/mol. The lowest BCUT2D eigenvalue weighted by molar-refractivity contribution is -0.141. The molecule has 4 aromatic rings. The van der Waals surface area contributed by atoms with Crippen LogP contribution in [-0.2, 0) is 4.79 Å². The third kappa shape index (κ3) is 2.83. The summed E-state index contributed by atoms with van der Waals surface area (Å²) in [6.45, 7) is 1.73. The number of aromatic nitrogens is 3. The van der Waals surface area contributed by atoms with E-state index in [1.54, 1.807) is 49.0 Å². The number of hydrogen-bond donors (Lipinski definition) is 1. The first-order valence-electron chi connectivity index (χ1n) is 8.32. The third-order valence-corrected chi connectivity index (χ3v) is 5.22. The summed E-state index contributed by atoms with van der Waals surface area (Å²) in [5.41, 5.74) is 0.859. The Morgan fingerprint density at radius 3 is 2.74 bits per heavy atom. The van der Waals surface area contributed by atoms with Gasteiger partial charge >= 0.3 is 5.97 Å². The van der Waals surface area contributed by atoms with Gasteiger partial charge in [-0.3, -0.25) is 14.3 Å². The molecule has 0 aromatic carbocycles. The Kier molecular flexibility index (Phi) is 4.33. The highest BCUT2D eigenvalue weighted by Gasteiger charge is 2.26. The lowest BCUT2D eigenvalue weighted by Crippen LogP contribution is -2.31. The van der Waals surface area contributed by atoms with Crippen LogP contribution >= 0.6 is 11.3 Å². The minimum absolute atomic E-state index is 0.251. The van der Waals surface area contributed by atoms with E-state index in [9.17, 15) is 14.7 Å². The number of pyridine rings is 1. The zero-order valence-corrected chi connectivity index (χ0v) is 15.1. The molecule has 0 saturated carbocycles. The topological polar surface area (TPSA) is 98.2 Å². The summed E-state index contributed by atoms with van der Waals surface area (Å²) in [6, 6.07) is 5.89. The maximum Gasteiger partial charge on any atom is 0.326 e. The van der Waals surface area contributed by atoms with Crippen molar-refractivity contribution < 1.29 is 14.3 Å². The summed E-state index contributed by atoms with van der Waals surface area (Å²) in [5, 5.41) is 11.9. The van der Waals surface area contributed by atoms with Crippen LogP contribution in [0, 0.1) is 0 Å². The molecule has 0 fully saturated rings. The summed E-state index contributed by atoms with van der Waals surface area (Å²) in [5.74, 6) is -0.213. The van der Waals surface area contributed by atoms with Crippen molar-refractivity contribution in [1.82, 2.24) is 14.5 Å². The van der Waals surface area contributed by atoms with Crippen molar-refractivity contribution in [3.8, 4) is 22.7 Å². The molecule has 4 rings (SSSR count). The van der Waals surface area contributed by atoms with Crippen LogP contribution in [0.4, 0.5) is 0 Å². The van der Waals surface area contributed by atoms with E-state index in [0.29, 0.717) is 32.9 Å². The number of carboxylic acid groups (broad SMARTS) is 1. The highest BCUT2D eigenvalue weighted by Crippen LogP contribution is 2.33. The smallest absolute Gasteiger partial charge is 0.326 e. The molecule has 1 atom stereocenters. The first-order valence-corrected chi connectivity index (χ1v) is 9.20. The van der Waals surface area contributed by atoms with E-state index in [-0.39, 0.29) is 6.42 Å². The normalized spacial score (nSPS) is 12.3. The lowest BCUT2D eigenvalue weighted by Gasteiger charge is -2.18. The van der Waals surface area contributed by atoms with Crippen LogP contribution in [-0.4, -0.2) is 25.6 Å². The number of rotatable bonds is 5. The Hall–Kier alpha value is -3.26. The number of aliphatic carboxylic acids is 1. The zero-order valence-electron chi connectivity index (χ0n) is 14.3. The van der Waals surface area contributed by atoms with Crippen LogP contribution in [0.3, 0.4) is 0 Å². The Balaban J connectivity index is 2.09. The van der Waals surface area contributed by atoms with Gasteiger partial charge in [0.05, 0.1) is 11.6 Å². The number of carbonyl (C=O) groups is 1. The molecule has 0 aliphatic heterocycles. The highest BCUT2D eigenvalue weighted by atomic mass is 32.1. The van der Waals surface area contributed by atoms with Crippen molar-refractivity contribution in [2.75, 3.05) is 0 Å². The van der Waals surface area contributed by atoms with Crippen molar-refractivity contribution >= 4 is 27.5 Å². The number of carboxylic acids is 1. The molecule has 0 bridgehead atoms. The molecule has 0 aliphatic carbocycles. The zero-order chi connectivity index (χ0) is 19.0. The van der Waals surface area contributed by atoms with Gasteiger partial charge in [-0.2, -0.15) is 0 Å². The standard InChI is InChI=1S/C19H15N3O4S/c1-2-13(19(24)25)22-16(11-5-7-20-8-6-11)21-17-15(18(22)23)12(10-27-17)14-4-3-9-26-14/h3-10,13H,2H2,1H3,(H,24,25). The predicted molar refractivity (Wildman–Crippen MR) is 102 cm³/mol. The average Bonchev–Trinajstić information content (AvgIpc) is 3.33. The van der Waals surface area contributed by atoms with Crippen LogP contribution in [0.25, 0.3) is 32.9 Å². The molecule has 0 aliphatic rings. The molecule has 0 radical (unpaired) electrons. The van der Waals surface area contributed by atoms with Gasteiger partial charge in [0.1, 0.15) is 22.5 Å². The molecule has 8 heteroatoms. The Bertz CT molecular complexity index is 1160. The van der Waals surface area contributed by atoms with Crippen LogP contribution in [0.15, 0.2) is 57.5 Å². The first kappa shape index (κ1) is 17.2. The lowest BCUT2D eigenvalue weighted by atomic mass is 10.1. The van der Waals surface area contributed by atoms with Gasteiger partial charge in [-0.25, -0.2) is 9.78 Å². The average molecular weight is 381 g/mol. The predicted octanol–water partition coefficient (Wildman–Crippen LogP) is 3.82. The number of furan rings is 1. The van der Waals surface area contributed by atoms with Crippen LogP contribution in [0.5, 0.6) is 0 Å². The van der Waals surface area contributed by atoms with Gasteiger partial charge in [-0.15, -0.1) is 11.3 Å². The maximum absolute atomic E-state index is 13.4. The SMILES string of the molecule is CCC(C(=O)O)n1c(-c2ccncc2)nc2scc(-c3ccco3)c2c1=O. The van der Waals surface area contributed by atoms with Crippen molar-refractivity contribution in [1.29, 1.82) is 0 Å². The molecule has 0 amide bonds. The first-order chi connectivity index (χ1) is 13.1. The van der Waals surface area contributed by atoms with Gasteiger partial charge < -0.3 is 9.52 Å². The van der Waals surface area contributed by atoms with E-state index in [0.717, 1.165) is 0 Å². The van der Waals surface area contributed by atoms with Crippen molar-refractivity contribution in [3.05, 3.63) is 58.7 Å². The number of thiophene rings is 1. The molecule has 4 aromatic heterocycles. The fraction of sp³-hybridized carbons (Fsp3) is 0.158. The van der Waals surface area contributed by atoms with Gasteiger partial charge in [-0.1, -0.05) is 6.92 Å². The largest absolute Gasteiger partial charge is 0.480 e. The molecule has 27 heavy (non-hydrogen) atoms. The van der Waals surface area contributed by atoms with Crippen molar-refractivity contribution in [3.63, 3.8) is 0 Å². The molecule has 136 valence electrons. The molecular formula is C19H15N3O4S. The van der Waals surface area contributed by atoms with Crippen LogP contribution in [0.1, 0.15) is 19.4 Å². The second-order valence-electron chi connectivity index (χ2n) is 5.92. The Morgan fingerprint density at radius 1 is 1.33 bits per heavy atom. The van der Waals surface area contributed by atoms with Gasteiger partial charge in [0.2, 0.25) is 0 Å². The molecule has 1 unspecified atom stereocenters. The summed E-state index contributed by atoms with van der Waals surface area (Å²) in [7, 11) is 0. The van der Waals surface area contributed by atoms with E-state index >= 15 is 0 Å². The summed E-state index contributed by atoms with van der Waals surface area (Å²) in [6.07, 6.45) is 4.95. The van der Waals surface area contributed by atoms with Gasteiger partial charge in [0.25, 0.3) is 5.56 Å². The minimum Gasteiger partial charge on any atom is -0.480 e. The molecule has 0 spiro atoms. The van der Waals surface area contributed by atoms with E-state index in [2.05, 4.69) is 9.97 Å². The molecule has 0 saturated heterocycles. The van der Waals surface area contributed by atoms with Crippen LogP contribution < -0.4 is 5.56 Å². The van der Waals surface area contributed by atoms with Gasteiger partial charge in [0.15, 0.2) is 0 Å². The van der Waals surface area contributed by atoms with Crippen LogP contribution in [0.2, 0.25) is 0 Å². The maximum atomic E-state index is 13.4. The number of hydrogen-bond acceptors (Lipinski definition) is 6. The van der Waals surface area contributed by atoms with Crippen molar-refractivity contribution in [2.45, 2.75) is 19.4 Å². The highest BCUT2D eigenvalue weighted by molar-refractivity contribution is 7.17. The molecule has 1 N–H and O–H groups in total. The van der Waals surface area contributed by atoms with E-state index < -0.39 is 17.6 Å². The van der Waals surface area contributed by atoms with Crippen molar-refractivity contribution in [2.24, 2.45) is 0 Å². The fourth-order valence-corrected chi connectivity index (χ4v) is 4.00. The quantitative estimate of drug-likeness (QED) is 0.564. The second kappa shape index (κ2) is 6.81. The summed E-state index contributed by atoms with van der Waals surface area (Å²) < 4.78 is 6.70. The summed E-state index contributed by atoms with van der Waals surface area (Å²) >= 11 is 1.32. The van der Waals surface area contributed by atoms with E-state index in [1.807, 2.05) is 0 Å². The van der Waals surface area contributed by atoms with E-state index in [1.165, 1.54) is 22.2 Å². The fourth-order valence-electron chi connectivity index (χ4n) is 3.08. The molecule has 4 heterocycles. The second-order valence-corrected chi connectivity index (χ2v) is 6.77. The summed E-state index contributed by atoms with van der Waals surface area (Å²) in [4.78, 5) is 34.4. The van der Waals surface area contributed by atoms with Gasteiger partial charge in [0, 0.05) is 28.9 Å². The minimum atomic E-state index is -1.08. The third-order valence-electron chi connectivity index (χ3n) is 4.35. The van der Waals surface area contributed by atoms with Gasteiger partial charge in [-0.05, 0) is 30.7 Å². The molecular weight excluding hydrogens is 366 g/mol. The Labute approximate surface area is 157 Å². The molecule has 7 nitrogen and oxygen atoms in total. The number of nitrogens with zero attached hydrogens (tertiary/aromatic N) is 3. The Morgan fingerprint density at radius 2 is 2.11 bits per heavy atom.